The Labute approximate surface area is 73.4 Å². The average Bonchev–Trinajstić information content (AvgIpc) is 2.10. The summed E-state index contributed by atoms with van der Waals surface area (Å²) in [5.41, 5.74) is -0.209. The Hall–Kier alpha value is -1.36. The molecule has 0 amide bonds. The molecule has 1 rings (SSSR count). The minimum absolute atomic E-state index is 0.209. The van der Waals surface area contributed by atoms with E-state index in [1.54, 1.807) is 0 Å². The van der Waals surface area contributed by atoms with Crippen LogP contribution in [0.4, 0.5) is 8.78 Å². The zero-order valence-corrected chi connectivity index (χ0v) is 6.83. The molecule has 0 aliphatic rings. The summed E-state index contributed by atoms with van der Waals surface area (Å²) >= 11 is 0. The number of hydrogen-bond donors (Lipinski definition) is 0. The molecular formula is C8H7F2NO2. The summed E-state index contributed by atoms with van der Waals surface area (Å²) in [6.07, 6.45) is 0.137. The molecule has 1 atom stereocenters. The van der Waals surface area contributed by atoms with E-state index in [1.165, 1.54) is 7.11 Å². The van der Waals surface area contributed by atoms with E-state index in [9.17, 15) is 13.6 Å². The van der Waals surface area contributed by atoms with Gasteiger partial charge in [0.1, 0.15) is 11.5 Å². The molecular weight excluding hydrogens is 180 g/mol. The maximum Gasteiger partial charge on any atom is 0.157 e. The molecule has 3 nitrogen and oxygen atoms in total. The molecule has 13 heavy (non-hydrogen) atoms. The highest BCUT2D eigenvalue weighted by Gasteiger charge is 2.16. The molecule has 0 saturated carbocycles. The van der Waals surface area contributed by atoms with E-state index < -0.39 is 17.7 Å². The summed E-state index contributed by atoms with van der Waals surface area (Å²) in [5.74, 6) is -1.68. The minimum Gasteiger partial charge on any atom is -0.367 e. The Kier molecular flexibility index (Phi) is 3.02. The normalized spacial score (nSPS) is 12.5. The SMILES string of the molecule is COC(C=O)c1ncc(F)cc1F. The lowest BCUT2D eigenvalue weighted by Crippen LogP contribution is -2.08. The fourth-order valence-corrected chi connectivity index (χ4v) is 0.866. The second-order valence-corrected chi connectivity index (χ2v) is 2.31. The molecule has 0 aliphatic heterocycles. The number of rotatable bonds is 3. The van der Waals surface area contributed by atoms with Crippen LogP contribution in [0.2, 0.25) is 0 Å². The van der Waals surface area contributed by atoms with Crippen molar-refractivity contribution >= 4 is 6.29 Å². The van der Waals surface area contributed by atoms with Gasteiger partial charge < -0.3 is 4.74 Å². The molecule has 0 radical (unpaired) electrons. The number of pyridine rings is 1. The van der Waals surface area contributed by atoms with Gasteiger partial charge in [-0.1, -0.05) is 0 Å². The summed E-state index contributed by atoms with van der Waals surface area (Å²) in [6, 6.07) is 0.651. The van der Waals surface area contributed by atoms with E-state index in [4.69, 9.17) is 0 Å². The van der Waals surface area contributed by atoms with Gasteiger partial charge in [-0.2, -0.15) is 0 Å². The van der Waals surface area contributed by atoms with Gasteiger partial charge in [0, 0.05) is 13.2 Å². The molecule has 1 heterocycles. The zero-order chi connectivity index (χ0) is 9.84. The van der Waals surface area contributed by atoms with Crippen LogP contribution >= 0.6 is 0 Å². The van der Waals surface area contributed by atoms with Gasteiger partial charge in [-0.15, -0.1) is 0 Å². The van der Waals surface area contributed by atoms with E-state index >= 15 is 0 Å². The number of hydrogen-bond acceptors (Lipinski definition) is 3. The van der Waals surface area contributed by atoms with Gasteiger partial charge in [-0.25, -0.2) is 8.78 Å². The van der Waals surface area contributed by atoms with Crippen LogP contribution in [-0.4, -0.2) is 18.4 Å². The second-order valence-electron chi connectivity index (χ2n) is 2.31. The molecule has 0 fully saturated rings. The van der Waals surface area contributed by atoms with Gasteiger partial charge in [0.2, 0.25) is 0 Å². The first kappa shape index (κ1) is 9.73. The number of carbonyl (C=O) groups excluding carboxylic acids is 1. The lowest BCUT2D eigenvalue weighted by Gasteiger charge is -2.07. The monoisotopic (exact) mass is 187 g/mol. The van der Waals surface area contributed by atoms with Crippen molar-refractivity contribution in [2.75, 3.05) is 7.11 Å². The predicted octanol–water partition coefficient (Wildman–Crippen LogP) is 1.25. The van der Waals surface area contributed by atoms with Gasteiger partial charge >= 0.3 is 0 Å². The van der Waals surface area contributed by atoms with Gasteiger partial charge in [-0.3, -0.25) is 9.78 Å². The number of halogens is 2. The summed E-state index contributed by atoms with van der Waals surface area (Å²) in [6.45, 7) is 0. The Morgan fingerprint density at radius 3 is 2.77 bits per heavy atom. The topological polar surface area (TPSA) is 39.2 Å². The van der Waals surface area contributed by atoms with Crippen molar-refractivity contribution in [3.8, 4) is 0 Å². The molecule has 5 heteroatoms. The second kappa shape index (κ2) is 4.04. The van der Waals surface area contributed by atoms with Gasteiger partial charge in [0.15, 0.2) is 18.2 Å². The lowest BCUT2D eigenvalue weighted by molar-refractivity contribution is -0.117. The number of aromatic nitrogens is 1. The van der Waals surface area contributed by atoms with E-state index in [1.807, 2.05) is 0 Å². The summed E-state index contributed by atoms with van der Waals surface area (Å²) < 4.78 is 29.9. The quantitative estimate of drug-likeness (QED) is 0.668. The van der Waals surface area contributed by atoms with Gasteiger partial charge in [-0.05, 0) is 0 Å². The van der Waals surface area contributed by atoms with Crippen LogP contribution in [0.3, 0.4) is 0 Å². The Morgan fingerprint density at radius 2 is 2.31 bits per heavy atom. The van der Waals surface area contributed by atoms with Gasteiger partial charge in [0.05, 0.1) is 6.20 Å². The number of ether oxygens (including phenoxy) is 1. The Bertz CT molecular complexity index is 317. The van der Waals surface area contributed by atoms with Crippen molar-refractivity contribution in [2.24, 2.45) is 0 Å². The highest BCUT2D eigenvalue weighted by Crippen LogP contribution is 2.15. The first-order valence-corrected chi connectivity index (χ1v) is 3.48. The predicted molar refractivity (Wildman–Crippen MR) is 40.0 cm³/mol. The molecule has 0 spiro atoms. The fourth-order valence-electron chi connectivity index (χ4n) is 0.866. The van der Waals surface area contributed by atoms with E-state index in [2.05, 4.69) is 9.72 Å². The fraction of sp³-hybridized carbons (Fsp3) is 0.250. The third kappa shape index (κ3) is 2.06. The number of carbonyl (C=O) groups is 1. The largest absolute Gasteiger partial charge is 0.367 e. The van der Waals surface area contributed by atoms with E-state index in [0.29, 0.717) is 12.4 Å². The third-order valence-corrected chi connectivity index (χ3v) is 1.48. The van der Waals surface area contributed by atoms with Crippen LogP contribution in [0.15, 0.2) is 12.3 Å². The van der Waals surface area contributed by atoms with E-state index in [-0.39, 0.29) is 5.69 Å². The van der Waals surface area contributed by atoms with Crippen LogP contribution in [0, 0.1) is 11.6 Å². The molecule has 0 aliphatic carbocycles. The molecule has 0 N–H and O–H groups in total. The summed E-state index contributed by atoms with van der Waals surface area (Å²) in [5, 5.41) is 0. The standard InChI is InChI=1S/C8H7F2NO2/c1-13-7(4-12)8-6(10)2-5(9)3-11-8/h2-4,7H,1H3. The van der Waals surface area contributed by atoms with Crippen molar-refractivity contribution in [1.29, 1.82) is 0 Å². The van der Waals surface area contributed by atoms with E-state index in [0.717, 1.165) is 6.20 Å². The average molecular weight is 187 g/mol. The van der Waals surface area contributed by atoms with Crippen molar-refractivity contribution in [2.45, 2.75) is 6.10 Å². The molecule has 1 aromatic heterocycles. The van der Waals surface area contributed by atoms with Crippen molar-refractivity contribution < 1.29 is 18.3 Å². The summed E-state index contributed by atoms with van der Waals surface area (Å²) in [4.78, 5) is 13.8. The van der Waals surface area contributed by atoms with Crippen molar-refractivity contribution in [1.82, 2.24) is 4.98 Å². The minimum atomic E-state index is -1.08. The summed E-state index contributed by atoms with van der Waals surface area (Å²) in [7, 11) is 1.24. The Balaban J connectivity index is 3.06. The molecule has 1 unspecified atom stereocenters. The van der Waals surface area contributed by atoms with Crippen LogP contribution in [-0.2, 0) is 9.53 Å². The third-order valence-electron chi connectivity index (χ3n) is 1.48. The maximum absolute atomic E-state index is 12.9. The first-order valence-electron chi connectivity index (χ1n) is 3.48. The highest BCUT2D eigenvalue weighted by molar-refractivity contribution is 5.58. The smallest absolute Gasteiger partial charge is 0.157 e. The Morgan fingerprint density at radius 1 is 1.62 bits per heavy atom. The highest BCUT2D eigenvalue weighted by atomic mass is 19.1. The number of methoxy groups -OCH3 is 1. The van der Waals surface area contributed by atoms with Crippen molar-refractivity contribution in [3.05, 3.63) is 29.6 Å². The maximum atomic E-state index is 12.9. The lowest BCUT2D eigenvalue weighted by atomic mass is 10.2. The van der Waals surface area contributed by atoms with Crippen LogP contribution < -0.4 is 0 Å². The molecule has 0 bridgehead atoms. The molecule has 1 aromatic rings. The van der Waals surface area contributed by atoms with Crippen LogP contribution in [0.5, 0.6) is 0 Å². The molecule has 0 aromatic carbocycles. The number of nitrogens with zero attached hydrogens (tertiary/aromatic N) is 1. The number of aldehydes is 1. The first-order chi connectivity index (χ1) is 6.19. The van der Waals surface area contributed by atoms with Crippen molar-refractivity contribution in [3.63, 3.8) is 0 Å². The van der Waals surface area contributed by atoms with Crippen LogP contribution in [0.25, 0.3) is 0 Å². The zero-order valence-electron chi connectivity index (χ0n) is 6.83. The van der Waals surface area contributed by atoms with Gasteiger partial charge in [0.25, 0.3) is 0 Å². The van der Waals surface area contributed by atoms with Crippen LogP contribution in [0.1, 0.15) is 11.8 Å². The molecule has 0 saturated heterocycles. The molecule has 70 valence electrons.